The summed E-state index contributed by atoms with van der Waals surface area (Å²) in [5.41, 5.74) is 0.518. The molecular weight excluding hydrogens is 454 g/mol. The van der Waals surface area contributed by atoms with Gasteiger partial charge in [-0.1, -0.05) is 24.3 Å². The molecule has 12 heteroatoms. The number of ether oxygens (including phenoxy) is 2. The highest BCUT2D eigenvalue weighted by molar-refractivity contribution is 5.70. The minimum absolute atomic E-state index is 0.00833. The number of hydrogen-bond donors (Lipinski definition) is 2. The predicted octanol–water partition coefficient (Wildman–Crippen LogP) is 6.26. The van der Waals surface area contributed by atoms with Gasteiger partial charge in [0.1, 0.15) is 11.6 Å². The van der Waals surface area contributed by atoms with E-state index < -0.39 is 24.2 Å². The molecule has 2 N–H and O–H groups in total. The highest BCUT2D eigenvalue weighted by atomic mass is 19.4. The van der Waals surface area contributed by atoms with Gasteiger partial charge in [0.2, 0.25) is 5.95 Å². The lowest BCUT2D eigenvalue weighted by molar-refractivity contribution is -0.275. The Labute approximate surface area is 183 Å². The average Bonchev–Trinajstić information content (AvgIpc) is 3.51. The van der Waals surface area contributed by atoms with E-state index in [1.165, 1.54) is 36.4 Å². The van der Waals surface area contributed by atoms with Gasteiger partial charge in [0, 0.05) is 17.7 Å². The molecule has 1 aliphatic carbocycles. The molecule has 1 aliphatic rings. The van der Waals surface area contributed by atoms with Gasteiger partial charge in [0.05, 0.1) is 11.4 Å². The SMILES string of the molecule is FC(F)(F)Oc1cccc(-c2cc(Nc3ccccc3OC(F)(F)F)nc(NC3CC3)n2)c1. The molecule has 1 heterocycles. The summed E-state index contributed by atoms with van der Waals surface area (Å²) >= 11 is 0. The molecule has 0 aliphatic heterocycles. The monoisotopic (exact) mass is 470 g/mol. The summed E-state index contributed by atoms with van der Waals surface area (Å²) in [6.07, 6.45) is -7.97. The Balaban J connectivity index is 1.68. The normalized spacial score (nSPS) is 14.0. The molecule has 1 fully saturated rings. The second-order valence-electron chi connectivity index (χ2n) is 7.13. The maximum Gasteiger partial charge on any atom is 0.573 e. The number of hydrogen-bond acceptors (Lipinski definition) is 6. The van der Waals surface area contributed by atoms with Crippen LogP contribution in [0.5, 0.6) is 11.5 Å². The van der Waals surface area contributed by atoms with Crippen molar-refractivity contribution >= 4 is 17.5 Å². The van der Waals surface area contributed by atoms with Crippen LogP contribution >= 0.6 is 0 Å². The Bertz CT molecular complexity index is 1130. The fourth-order valence-electron chi connectivity index (χ4n) is 2.91. The average molecular weight is 470 g/mol. The molecule has 0 spiro atoms. The highest BCUT2D eigenvalue weighted by Gasteiger charge is 2.32. The summed E-state index contributed by atoms with van der Waals surface area (Å²) < 4.78 is 84.0. The van der Waals surface area contributed by atoms with Crippen molar-refractivity contribution in [2.75, 3.05) is 10.6 Å². The van der Waals surface area contributed by atoms with Gasteiger partial charge in [-0.2, -0.15) is 4.98 Å². The Kier molecular flexibility index (Phi) is 5.91. The third-order valence-corrected chi connectivity index (χ3v) is 4.38. The van der Waals surface area contributed by atoms with Crippen molar-refractivity contribution in [2.24, 2.45) is 0 Å². The van der Waals surface area contributed by atoms with Gasteiger partial charge in [0.15, 0.2) is 5.75 Å². The van der Waals surface area contributed by atoms with Crippen LogP contribution < -0.4 is 20.1 Å². The zero-order chi connectivity index (χ0) is 23.6. The predicted molar refractivity (Wildman–Crippen MR) is 107 cm³/mol. The molecule has 0 radical (unpaired) electrons. The quantitative estimate of drug-likeness (QED) is 0.398. The molecule has 33 heavy (non-hydrogen) atoms. The van der Waals surface area contributed by atoms with Crippen LogP contribution in [0.15, 0.2) is 54.6 Å². The Morgan fingerprint density at radius 3 is 2.24 bits per heavy atom. The summed E-state index contributed by atoms with van der Waals surface area (Å²) in [6.45, 7) is 0. The number of rotatable bonds is 7. The minimum atomic E-state index is -4.90. The summed E-state index contributed by atoms with van der Waals surface area (Å²) in [5, 5.41) is 5.84. The van der Waals surface area contributed by atoms with E-state index in [0.717, 1.165) is 31.0 Å². The molecule has 0 unspecified atom stereocenters. The van der Waals surface area contributed by atoms with E-state index in [-0.39, 0.29) is 29.2 Å². The molecule has 1 saturated carbocycles. The van der Waals surface area contributed by atoms with E-state index in [9.17, 15) is 26.3 Å². The van der Waals surface area contributed by atoms with Crippen LogP contribution in [0.25, 0.3) is 11.3 Å². The highest BCUT2D eigenvalue weighted by Crippen LogP contribution is 2.34. The van der Waals surface area contributed by atoms with Crippen LogP contribution in [0.1, 0.15) is 12.8 Å². The van der Waals surface area contributed by atoms with Gasteiger partial charge in [-0.25, -0.2) is 4.98 Å². The molecule has 3 aromatic rings. The molecule has 0 amide bonds. The minimum Gasteiger partial charge on any atom is -0.406 e. The lowest BCUT2D eigenvalue weighted by atomic mass is 10.1. The summed E-state index contributed by atoms with van der Waals surface area (Å²) in [6, 6.07) is 12.1. The number of aromatic nitrogens is 2. The standard InChI is InChI=1S/C21H16F6N4O2/c22-20(23,24)32-14-5-3-4-12(10-14)16-11-18(31-19(30-16)28-13-8-9-13)29-15-6-1-2-7-17(15)33-21(25,26)27/h1-7,10-11,13H,8-9H2,(H2,28,29,30,31). The van der Waals surface area contributed by atoms with Gasteiger partial charge in [-0.3, -0.25) is 0 Å². The molecule has 0 atom stereocenters. The first-order valence-electron chi connectivity index (χ1n) is 9.68. The fraction of sp³-hybridized carbons (Fsp3) is 0.238. The maximum atomic E-state index is 12.7. The van der Waals surface area contributed by atoms with E-state index >= 15 is 0 Å². The lowest BCUT2D eigenvalue weighted by Gasteiger charge is -2.15. The van der Waals surface area contributed by atoms with Crippen LogP contribution in [0.2, 0.25) is 0 Å². The van der Waals surface area contributed by atoms with Crippen molar-refractivity contribution in [3.05, 3.63) is 54.6 Å². The van der Waals surface area contributed by atoms with Crippen LogP contribution in [0.4, 0.5) is 43.8 Å². The largest absolute Gasteiger partial charge is 0.573 e. The Morgan fingerprint density at radius 2 is 1.55 bits per heavy atom. The van der Waals surface area contributed by atoms with E-state index in [1.807, 2.05) is 0 Å². The molecule has 1 aromatic heterocycles. The number of para-hydroxylation sites is 2. The summed E-state index contributed by atoms with van der Waals surface area (Å²) in [5.74, 6) is -0.617. The lowest BCUT2D eigenvalue weighted by Crippen LogP contribution is -2.18. The van der Waals surface area contributed by atoms with Crippen molar-refractivity contribution in [3.8, 4) is 22.8 Å². The van der Waals surface area contributed by atoms with Crippen LogP contribution in [-0.2, 0) is 0 Å². The molecule has 6 nitrogen and oxygen atoms in total. The third kappa shape index (κ3) is 6.64. The molecule has 0 bridgehead atoms. The van der Waals surface area contributed by atoms with Gasteiger partial charge >= 0.3 is 12.7 Å². The summed E-state index contributed by atoms with van der Waals surface area (Å²) in [7, 11) is 0. The molecule has 0 saturated heterocycles. The number of nitrogens with one attached hydrogen (secondary N) is 2. The molecule has 174 valence electrons. The first kappa shape index (κ1) is 22.5. The van der Waals surface area contributed by atoms with Gasteiger partial charge in [-0.05, 0) is 37.1 Å². The van der Waals surface area contributed by atoms with Crippen LogP contribution in [-0.4, -0.2) is 28.7 Å². The smallest absolute Gasteiger partial charge is 0.406 e. The zero-order valence-electron chi connectivity index (χ0n) is 16.7. The Morgan fingerprint density at radius 1 is 0.818 bits per heavy atom. The second-order valence-corrected chi connectivity index (χ2v) is 7.13. The van der Waals surface area contributed by atoms with Gasteiger partial charge < -0.3 is 20.1 Å². The molecule has 4 rings (SSSR count). The molecular formula is C21H16F6N4O2. The van der Waals surface area contributed by atoms with E-state index in [2.05, 4.69) is 30.1 Å². The van der Waals surface area contributed by atoms with Gasteiger partial charge in [-0.15, -0.1) is 26.3 Å². The van der Waals surface area contributed by atoms with E-state index in [1.54, 1.807) is 0 Å². The van der Waals surface area contributed by atoms with Crippen LogP contribution in [0.3, 0.4) is 0 Å². The number of alkyl halides is 6. The molecule has 2 aromatic carbocycles. The van der Waals surface area contributed by atoms with Crippen molar-refractivity contribution in [1.29, 1.82) is 0 Å². The van der Waals surface area contributed by atoms with Crippen LogP contribution in [0, 0.1) is 0 Å². The number of halogens is 6. The Hall–Kier alpha value is -3.70. The third-order valence-electron chi connectivity index (χ3n) is 4.38. The van der Waals surface area contributed by atoms with E-state index in [4.69, 9.17) is 0 Å². The first-order chi connectivity index (χ1) is 15.5. The summed E-state index contributed by atoms with van der Waals surface area (Å²) in [4.78, 5) is 8.61. The number of benzene rings is 2. The first-order valence-corrected chi connectivity index (χ1v) is 9.68. The van der Waals surface area contributed by atoms with Crippen molar-refractivity contribution in [2.45, 2.75) is 31.6 Å². The number of anilines is 3. The van der Waals surface area contributed by atoms with Gasteiger partial charge in [0.25, 0.3) is 0 Å². The van der Waals surface area contributed by atoms with Crippen molar-refractivity contribution < 1.29 is 35.8 Å². The topological polar surface area (TPSA) is 68.3 Å². The maximum absolute atomic E-state index is 12.7. The zero-order valence-corrected chi connectivity index (χ0v) is 16.7. The van der Waals surface area contributed by atoms with E-state index in [0.29, 0.717) is 5.56 Å². The fourth-order valence-corrected chi connectivity index (χ4v) is 2.91. The van der Waals surface area contributed by atoms with Crippen molar-refractivity contribution in [3.63, 3.8) is 0 Å². The number of nitrogens with zero attached hydrogens (tertiary/aromatic N) is 2. The second kappa shape index (κ2) is 8.68. The van der Waals surface area contributed by atoms with Crippen molar-refractivity contribution in [1.82, 2.24) is 9.97 Å².